The number of nitrogens with zero attached hydrogens (tertiary/aromatic N) is 3. The summed E-state index contributed by atoms with van der Waals surface area (Å²) in [7, 11) is 0. The number of hydrogen-bond acceptors (Lipinski definition) is 6. The van der Waals surface area contributed by atoms with Crippen LogP contribution in [-0.4, -0.2) is 64.5 Å². The minimum atomic E-state index is -0.274. The van der Waals surface area contributed by atoms with E-state index in [0.717, 1.165) is 38.5 Å². The van der Waals surface area contributed by atoms with Gasteiger partial charge in [0.15, 0.2) is 5.13 Å². The molecule has 4 rings (SSSR count). The molecular formula is C25H38N4O4S. The molecule has 3 fully saturated rings. The van der Waals surface area contributed by atoms with Crippen LogP contribution in [0.25, 0.3) is 0 Å². The largest absolute Gasteiger partial charge is 0.466 e. The van der Waals surface area contributed by atoms with E-state index in [1.165, 1.54) is 49.9 Å². The van der Waals surface area contributed by atoms with Crippen LogP contribution in [0, 0.1) is 5.92 Å². The maximum absolute atomic E-state index is 13.4. The van der Waals surface area contributed by atoms with Crippen molar-refractivity contribution in [2.24, 2.45) is 5.92 Å². The Balaban J connectivity index is 1.40. The smallest absolute Gasteiger partial charge is 0.324 e. The number of urea groups is 1. The molecule has 1 N–H and O–H groups in total. The van der Waals surface area contributed by atoms with Crippen molar-refractivity contribution in [3.63, 3.8) is 0 Å². The zero-order chi connectivity index (χ0) is 23.9. The summed E-state index contributed by atoms with van der Waals surface area (Å²) < 4.78 is 5.15. The van der Waals surface area contributed by atoms with Gasteiger partial charge in [0, 0.05) is 25.2 Å². The number of likely N-dealkylation sites (tertiary alicyclic amines) is 1. The molecule has 9 heteroatoms. The Morgan fingerprint density at radius 1 is 1.03 bits per heavy atom. The number of esters is 1. The average Bonchev–Trinajstić information content (AvgIpc) is 3.33. The first kappa shape index (κ1) is 24.9. The number of nitrogens with one attached hydrogen (secondary N) is 1. The Bertz CT molecular complexity index is 830. The Hall–Kier alpha value is -2.16. The first-order valence-electron chi connectivity index (χ1n) is 13.1. The number of ether oxygens (including phenoxy) is 1. The summed E-state index contributed by atoms with van der Waals surface area (Å²) in [6.07, 6.45) is 14.6. The van der Waals surface area contributed by atoms with Gasteiger partial charge in [0.1, 0.15) is 4.88 Å². The van der Waals surface area contributed by atoms with Crippen LogP contribution in [0.1, 0.15) is 93.6 Å². The van der Waals surface area contributed by atoms with Crippen molar-refractivity contribution in [2.45, 2.75) is 96.1 Å². The molecule has 188 valence electrons. The van der Waals surface area contributed by atoms with Crippen LogP contribution in [-0.2, 0) is 9.53 Å². The fourth-order valence-electron chi connectivity index (χ4n) is 5.70. The number of thiazole rings is 1. The van der Waals surface area contributed by atoms with Gasteiger partial charge in [-0.3, -0.25) is 14.9 Å². The second kappa shape index (κ2) is 12.0. The van der Waals surface area contributed by atoms with Gasteiger partial charge in [-0.05, 0) is 45.4 Å². The van der Waals surface area contributed by atoms with Crippen molar-refractivity contribution < 1.29 is 19.1 Å². The van der Waals surface area contributed by atoms with Crippen LogP contribution < -0.4 is 5.32 Å². The second-order valence-corrected chi connectivity index (χ2v) is 10.8. The zero-order valence-corrected chi connectivity index (χ0v) is 21.1. The van der Waals surface area contributed by atoms with Crippen molar-refractivity contribution in [3.05, 3.63) is 11.1 Å². The summed E-state index contributed by atoms with van der Waals surface area (Å²) >= 11 is 1.22. The van der Waals surface area contributed by atoms with Crippen LogP contribution in [0.4, 0.5) is 9.93 Å². The summed E-state index contributed by atoms with van der Waals surface area (Å²) in [6.45, 7) is 3.13. The minimum absolute atomic E-state index is 0.0764. The van der Waals surface area contributed by atoms with Crippen LogP contribution >= 0.6 is 11.3 Å². The van der Waals surface area contributed by atoms with Gasteiger partial charge < -0.3 is 14.5 Å². The molecule has 1 atom stereocenters. The van der Waals surface area contributed by atoms with Crippen molar-refractivity contribution in [1.82, 2.24) is 14.8 Å². The Labute approximate surface area is 206 Å². The number of carbonyl (C=O) groups is 3. The van der Waals surface area contributed by atoms with Crippen molar-refractivity contribution in [1.29, 1.82) is 0 Å². The molecular weight excluding hydrogens is 452 g/mol. The summed E-state index contributed by atoms with van der Waals surface area (Å²) in [4.78, 5) is 47.3. The van der Waals surface area contributed by atoms with Gasteiger partial charge in [-0.1, -0.05) is 49.9 Å². The Kier molecular flexibility index (Phi) is 8.80. The van der Waals surface area contributed by atoms with E-state index in [2.05, 4.69) is 15.2 Å². The fourth-order valence-corrected chi connectivity index (χ4v) is 6.48. The van der Waals surface area contributed by atoms with E-state index in [9.17, 15) is 14.4 Å². The molecule has 1 aliphatic heterocycles. The monoisotopic (exact) mass is 490 g/mol. The van der Waals surface area contributed by atoms with Crippen LogP contribution in [0.2, 0.25) is 0 Å². The molecule has 0 unspecified atom stereocenters. The summed E-state index contributed by atoms with van der Waals surface area (Å²) in [5.74, 6) is -0.643. The third kappa shape index (κ3) is 6.09. The topological polar surface area (TPSA) is 91.8 Å². The van der Waals surface area contributed by atoms with Gasteiger partial charge >= 0.3 is 12.0 Å². The SMILES string of the molecule is CCOC(=O)[C@H]1CCCN(C(=O)c2cnc(NC(=O)N(C3CCCCC3)C3CCCCC3)s2)C1. The molecule has 8 nitrogen and oxygen atoms in total. The number of aromatic nitrogens is 1. The molecule has 1 aromatic rings. The minimum Gasteiger partial charge on any atom is -0.466 e. The average molecular weight is 491 g/mol. The third-order valence-electron chi connectivity index (χ3n) is 7.43. The molecule has 3 aliphatic rings. The Morgan fingerprint density at radius 2 is 1.68 bits per heavy atom. The molecule has 0 radical (unpaired) electrons. The number of piperidine rings is 1. The Morgan fingerprint density at radius 3 is 2.29 bits per heavy atom. The van der Waals surface area contributed by atoms with Gasteiger partial charge in [0.2, 0.25) is 0 Å². The lowest BCUT2D eigenvalue weighted by molar-refractivity contribution is -0.149. The predicted octanol–water partition coefficient (Wildman–Crippen LogP) is 5.06. The van der Waals surface area contributed by atoms with Crippen molar-refractivity contribution in [3.8, 4) is 0 Å². The highest BCUT2D eigenvalue weighted by Crippen LogP contribution is 2.31. The number of rotatable bonds is 6. The molecule has 34 heavy (non-hydrogen) atoms. The lowest BCUT2D eigenvalue weighted by atomic mass is 9.89. The standard InChI is InChI=1S/C25H38N4O4S/c1-2-33-23(31)18-10-9-15-28(17-18)22(30)21-16-26-24(34-21)27-25(32)29(19-11-5-3-6-12-19)20-13-7-4-8-14-20/h16,18-20H,2-15,17H2,1H3,(H,26,27,32)/t18-/m0/s1. The van der Waals surface area contributed by atoms with Crippen LogP contribution in [0.15, 0.2) is 6.20 Å². The van der Waals surface area contributed by atoms with Crippen molar-refractivity contribution >= 4 is 34.4 Å². The molecule has 0 aromatic carbocycles. The first-order chi connectivity index (χ1) is 16.6. The number of hydrogen-bond donors (Lipinski definition) is 1. The van der Waals surface area contributed by atoms with Crippen LogP contribution in [0.5, 0.6) is 0 Å². The predicted molar refractivity (Wildman–Crippen MR) is 132 cm³/mol. The number of carbonyl (C=O) groups excluding carboxylic acids is 3. The first-order valence-corrected chi connectivity index (χ1v) is 13.9. The highest BCUT2D eigenvalue weighted by Gasteiger charge is 2.34. The molecule has 3 amide bonds. The normalized spacial score (nSPS) is 22.3. The highest BCUT2D eigenvalue weighted by atomic mass is 32.1. The lowest BCUT2D eigenvalue weighted by Crippen LogP contribution is -2.50. The second-order valence-electron chi connectivity index (χ2n) is 9.79. The molecule has 2 saturated carbocycles. The van der Waals surface area contributed by atoms with Gasteiger partial charge in [-0.15, -0.1) is 0 Å². The van der Waals surface area contributed by atoms with Gasteiger partial charge in [0.25, 0.3) is 5.91 Å². The maximum Gasteiger partial charge on any atom is 0.324 e. The van der Waals surface area contributed by atoms with Gasteiger partial charge in [0.05, 0.1) is 18.7 Å². The van der Waals surface area contributed by atoms with E-state index >= 15 is 0 Å². The molecule has 2 heterocycles. The lowest BCUT2D eigenvalue weighted by Gasteiger charge is -2.41. The highest BCUT2D eigenvalue weighted by molar-refractivity contribution is 7.17. The molecule has 0 spiro atoms. The zero-order valence-electron chi connectivity index (χ0n) is 20.3. The van der Waals surface area contributed by atoms with E-state index < -0.39 is 0 Å². The fraction of sp³-hybridized carbons (Fsp3) is 0.760. The van der Waals surface area contributed by atoms with E-state index in [1.54, 1.807) is 18.0 Å². The van der Waals surface area contributed by atoms with E-state index in [0.29, 0.717) is 41.8 Å². The van der Waals surface area contributed by atoms with E-state index in [4.69, 9.17) is 4.74 Å². The van der Waals surface area contributed by atoms with E-state index in [-0.39, 0.29) is 23.8 Å². The molecule has 1 aromatic heterocycles. The quantitative estimate of drug-likeness (QED) is 0.563. The number of anilines is 1. The molecule has 1 saturated heterocycles. The third-order valence-corrected chi connectivity index (χ3v) is 8.33. The summed E-state index contributed by atoms with van der Waals surface area (Å²) in [6, 6.07) is 0.518. The number of amides is 3. The van der Waals surface area contributed by atoms with E-state index in [1.807, 2.05) is 0 Å². The molecule has 0 bridgehead atoms. The van der Waals surface area contributed by atoms with Crippen LogP contribution in [0.3, 0.4) is 0 Å². The van der Waals surface area contributed by atoms with Gasteiger partial charge in [-0.25, -0.2) is 9.78 Å². The van der Waals surface area contributed by atoms with Gasteiger partial charge in [-0.2, -0.15) is 0 Å². The van der Waals surface area contributed by atoms with Crippen molar-refractivity contribution in [2.75, 3.05) is 25.0 Å². The summed E-state index contributed by atoms with van der Waals surface area (Å²) in [5.41, 5.74) is 0. The maximum atomic E-state index is 13.4. The summed E-state index contributed by atoms with van der Waals surface area (Å²) in [5, 5.41) is 3.47. The molecule has 2 aliphatic carbocycles.